The Kier molecular flexibility index (Phi) is 2.34. The van der Waals surface area contributed by atoms with E-state index in [9.17, 15) is 0 Å². The summed E-state index contributed by atoms with van der Waals surface area (Å²) in [7, 11) is 0. The molecular formula is C14H12N2S. The molecule has 0 amide bonds. The van der Waals surface area contributed by atoms with E-state index in [4.69, 9.17) is 5.73 Å². The van der Waals surface area contributed by atoms with Gasteiger partial charge in [-0.2, -0.15) is 0 Å². The molecule has 1 aromatic carbocycles. The SMILES string of the molecule is Cc1ccc(-c2ccc(N)c3ncccc23)s1. The number of aromatic nitrogens is 1. The van der Waals surface area contributed by atoms with Crippen LogP contribution in [0.5, 0.6) is 0 Å². The van der Waals surface area contributed by atoms with Gasteiger partial charge in [0.25, 0.3) is 0 Å². The molecule has 2 N–H and O–H groups in total. The molecule has 3 rings (SSSR count). The van der Waals surface area contributed by atoms with Gasteiger partial charge < -0.3 is 5.73 Å². The molecule has 0 unspecified atom stereocenters. The Morgan fingerprint density at radius 3 is 2.76 bits per heavy atom. The number of fused-ring (bicyclic) bond motifs is 1. The summed E-state index contributed by atoms with van der Waals surface area (Å²) in [6, 6.07) is 12.3. The molecule has 0 aliphatic rings. The number of aryl methyl sites for hydroxylation is 1. The van der Waals surface area contributed by atoms with Gasteiger partial charge in [-0.25, -0.2) is 0 Å². The summed E-state index contributed by atoms with van der Waals surface area (Å²) in [6.45, 7) is 2.12. The molecule has 0 fully saturated rings. The summed E-state index contributed by atoms with van der Waals surface area (Å²) in [4.78, 5) is 6.93. The fourth-order valence-corrected chi connectivity index (χ4v) is 2.90. The quantitative estimate of drug-likeness (QED) is 0.656. The summed E-state index contributed by atoms with van der Waals surface area (Å²) < 4.78 is 0. The fourth-order valence-electron chi connectivity index (χ4n) is 1.99. The standard InChI is InChI=1S/C14H12N2S/c1-9-4-7-13(17-9)10-5-6-12(15)14-11(10)3-2-8-16-14/h2-8H,15H2,1H3. The van der Waals surface area contributed by atoms with Gasteiger partial charge in [0.2, 0.25) is 0 Å². The van der Waals surface area contributed by atoms with Gasteiger partial charge in [0, 0.05) is 26.9 Å². The molecule has 0 saturated carbocycles. The van der Waals surface area contributed by atoms with E-state index in [1.54, 1.807) is 17.5 Å². The molecule has 0 spiro atoms. The molecule has 3 aromatic rings. The number of anilines is 1. The lowest BCUT2D eigenvalue weighted by atomic mass is 10.1. The van der Waals surface area contributed by atoms with Crippen molar-refractivity contribution in [2.45, 2.75) is 6.92 Å². The van der Waals surface area contributed by atoms with Crippen molar-refractivity contribution in [3.05, 3.63) is 47.5 Å². The van der Waals surface area contributed by atoms with Crippen LogP contribution >= 0.6 is 11.3 Å². The van der Waals surface area contributed by atoms with Gasteiger partial charge >= 0.3 is 0 Å². The van der Waals surface area contributed by atoms with Crippen LogP contribution in [-0.4, -0.2) is 4.98 Å². The molecule has 0 aliphatic carbocycles. The summed E-state index contributed by atoms with van der Waals surface area (Å²) in [6.07, 6.45) is 1.78. The molecule has 0 radical (unpaired) electrons. The molecule has 0 bridgehead atoms. The van der Waals surface area contributed by atoms with Crippen molar-refractivity contribution in [2.75, 3.05) is 5.73 Å². The smallest absolute Gasteiger partial charge is 0.0937 e. The maximum absolute atomic E-state index is 5.95. The van der Waals surface area contributed by atoms with Gasteiger partial charge in [-0.15, -0.1) is 11.3 Å². The van der Waals surface area contributed by atoms with E-state index < -0.39 is 0 Å². The Balaban J connectivity index is 2.34. The second-order valence-electron chi connectivity index (χ2n) is 4.01. The van der Waals surface area contributed by atoms with Crippen LogP contribution in [0.15, 0.2) is 42.6 Å². The van der Waals surface area contributed by atoms with Gasteiger partial charge in [-0.05, 0) is 31.2 Å². The summed E-state index contributed by atoms with van der Waals surface area (Å²) in [5, 5.41) is 1.12. The average Bonchev–Trinajstić information content (AvgIpc) is 2.77. The van der Waals surface area contributed by atoms with Crippen LogP contribution in [0.1, 0.15) is 4.88 Å². The van der Waals surface area contributed by atoms with Gasteiger partial charge in [-0.1, -0.05) is 12.1 Å². The molecule has 0 atom stereocenters. The first-order chi connectivity index (χ1) is 8.25. The van der Waals surface area contributed by atoms with Crippen LogP contribution in [-0.2, 0) is 0 Å². The minimum Gasteiger partial charge on any atom is -0.397 e. The third-order valence-corrected chi connectivity index (χ3v) is 3.84. The zero-order chi connectivity index (χ0) is 11.8. The van der Waals surface area contributed by atoms with Gasteiger partial charge in [0.05, 0.1) is 11.2 Å². The maximum atomic E-state index is 5.95. The second-order valence-corrected chi connectivity index (χ2v) is 5.30. The molecule has 2 nitrogen and oxygen atoms in total. The van der Waals surface area contributed by atoms with Gasteiger partial charge in [0.15, 0.2) is 0 Å². The Labute approximate surface area is 104 Å². The number of pyridine rings is 1. The Hall–Kier alpha value is -1.87. The van der Waals surface area contributed by atoms with Crippen LogP contribution < -0.4 is 5.73 Å². The Morgan fingerprint density at radius 2 is 2.00 bits per heavy atom. The number of hydrogen-bond donors (Lipinski definition) is 1. The van der Waals surface area contributed by atoms with Crippen molar-refractivity contribution >= 4 is 27.9 Å². The monoisotopic (exact) mass is 240 g/mol. The van der Waals surface area contributed by atoms with Crippen LogP contribution in [0.25, 0.3) is 21.3 Å². The molecule has 84 valence electrons. The third-order valence-electron chi connectivity index (χ3n) is 2.81. The first-order valence-electron chi connectivity index (χ1n) is 5.46. The number of rotatable bonds is 1. The lowest BCUT2D eigenvalue weighted by molar-refractivity contribution is 1.41. The van der Waals surface area contributed by atoms with E-state index in [1.165, 1.54) is 15.3 Å². The minimum atomic E-state index is 0.734. The predicted octanol–water partition coefficient (Wildman–Crippen LogP) is 3.85. The summed E-state index contributed by atoms with van der Waals surface area (Å²) >= 11 is 1.79. The Bertz CT molecular complexity index is 686. The molecule has 17 heavy (non-hydrogen) atoms. The molecule has 0 saturated heterocycles. The van der Waals surface area contributed by atoms with Crippen LogP contribution in [0, 0.1) is 6.92 Å². The highest BCUT2D eigenvalue weighted by Gasteiger charge is 2.08. The van der Waals surface area contributed by atoms with E-state index in [2.05, 4.69) is 36.2 Å². The highest BCUT2D eigenvalue weighted by Crippen LogP contribution is 2.34. The third kappa shape index (κ3) is 1.68. The minimum absolute atomic E-state index is 0.734. The summed E-state index contributed by atoms with van der Waals surface area (Å²) in [5.74, 6) is 0. The maximum Gasteiger partial charge on any atom is 0.0937 e. The highest BCUT2D eigenvalue weighted by molar-refractivity contribution is 7.15. The van der Waals surface area contributed by atoms with Crippen molar-refractivity contribution in [3.8, 4) is 10.4 Å². The number of hydrogen-bond acceptors (Lipinski definition) is 3. The lowest BCUT2D eigenvalue weighted by Gasteiger charge is -2.06. The van der Waals surface area contributed by atoms with Crippen molar-refractivity contribution in [1.29, 1.82) is 0 Å². The van der Waals surface area contributed by atoms with Crippen molar-refractivity contribution in [2.24, 2.45) is 0 Å². The summed E-state index contributed by atoms with van der Waals surface area (Å²) in [5.41, 5.74) is 8.78. The predicted molar refractivity (Wildman–Crippen MR) is 74.2 cm³/mol. The van der Waals surface area contributed by atoms with E-state index in [0.717, 1.165) is 16.6 Å². The van der Waals surface area contributed by atoms with E-state index in [-0.39, 0.29) is 0 Å². The second kappa shape index (κ2) is 3.86. The van der Waals surface area contributed by atoms with Crippen LogP contribution in [0.2, 0.25) is 0 Å². The Morgan fingerprint density at radius 1 is 1.12 bits per heavy atom. The van der Waals surface area contributed by atoms with E-state index >= 15 is 0 Å². The number of nitrogens with zero attached hydrogens (tertiary/aromatic N) is 1. The van der Waals surface area contributed by atoms with Gasteiger partial charge in [0.1, 0.15) is 0 Å². The van der Waals surface area contributed by atoms with Crippen molar-refractivity contribution < 1.29 is 0 Å². The van der Waals surface area contributed by atoms with Crippen LogP contribution in [0.3, 0.4) is 0 Å². The van der Waals surface area contributed by atoms with E-state index in [1.807, 2.05) is 12.1 Å². The number of nitrogens with two attached hydrogens (primary N) is 1. The lowest BCUT2D eigenvalue weighted by Crippen LogP contribution is -1.90. The zero-order valence-electron chi connectivity index (χ0n) is 9.47. The van der Waals surface area contributed by atoms with E-state index in [0.29, 0.717) is 0 Å². The van der Waals surface area contributed by atoms with Crippen molar-refractivity contribution in [3.63, 3.8) is 0 Å². The zero-order valence-corrected chi connectivity index (χ0v) is 10.3. The molecule has 0 aliphatic heterocycles. The normalized spacial score (nSPS) is 10.9. The number of nitrogen functional groups attached to an aromatic ring is 1. The van der Waals surface area contributed by atoms with Gasteiger partial charge in [-0.3, -0.25) is 4.98 Å². The molecule has 3 heteroatoms. The number of benzene rings is 1. The van der Waals surface area contributed by atoms with Crippen LogP contribution in [0.4, 0.5) is 5.69 Å². The molecule has 2 aromatic heterocycles. The topological polar surface area (TPSA) is 38.9 Å². The fraction of sp³-hybridized carbons (Fsp3) is 0.0714. The first-order valence-corrected chi connectivity index (χ1v) is 6.27. The first kappa shape index (κ1) is 10.3. The molecular weight excluding hydrogens is 228 g/mol. The highest BCUT2D eigenvalue weighted by atomic mass is 32.1. The van der Waals surface area contributed by atoms with Crippen molar-refractivity contribution in [1.82, 2.24) is 4.98 Å². The number of thiophene rings is 1. The average molecular weight is 240 g/mol. The largest absolute Gasteiger partial charge is 0.397 e. The molecule has 2 heterocycles.